The van der Waals surface area contributed by atoms with Crippen LogP contribution in [0.5, 0.6) is 0 Å². The van der Waals surface area contributed by atoms with Crippen LogP contribution in [0.2, 0.25) is 0 Å². The molecular formula is C11H17N5O2S. The molecule has 0 unspecified atom stereocenters. The van der Waals surface area contributed by atoms with E-state index in [1.54, 1.807) is 25.7 Å². The van der Waals surface area contributed by atoms with Gasteiger partial charge in [0.25, 0.3) is 0 Å². The van der Waals surface area contributed by atoms with Gasteiger partial charge in [-0.05, 0) is 13.8 Å². The fourth-order valence-electron chi connectivity index (χ4n) is 1.94. The first-order valence-electron chi connectivity index (χ1n) is 5.80. The third kappa shape index (κ3) is 2.85. The van der Waals surface area contributed by atoms with E-state index in [-0.39, 0.29) is 10.9 Å². The largest absolute Gasteiger partial charge is 0.275 e. The Hall–Kier alpha value is -1.67. The van der Waals surface area contributed by atoms with Gasteiger partial charge in [-0.1, -0.05) is 0 Å². The number of aromatic nitrogens is 4. The molecule has 8 heteroatoms. The summed E-state index contributed by atoms with van der Waals surface area (Å²) >= 11 is 0. The van der Waals surface area contributed by atoms with Crippen molar-refractivity contribution in [2.45, 2.75) is 24.8 Å². The molecule has 0 aliphatic carbocycles. The molecule has 7 nitrogen and oxygen atoms in total. The minimum atomic E-state index is -3.56. The van der Waals surface area contributed by atoms with Crippen LogP contribution in [0.15, 0.2) is 23.5 Å². The maximum absolute atomic E-state index is 12.2. The molecule has 19 heavy (non-hydrogen) atoms. The van der Waals surface area contributed by atoms with Crippen molar-refractivity contribution in [3.05, 3.63) is 29.8 Å². The molecule has 0 radical (unpaired) electrons. The molecular weight excluding hydrogens is 266 g/mol. The molecule has 0 saturated carbocycles. The standard InChI is InChI=1S/C11H17N5O2S/c1-8-11(7-16(4)13-8)9(2)14-19(17,18)10-5-12-15(3)6-10/h5-7,9,14H,1-4H3/t9-/m1/s1. The summed E-state index contributed by atoms with van der Waals surface area (Å²) in [4.78, 5) is 0.156. The van der Waals surface area contributed by atoms with Gasteiger partial charge < -0.3 is 0 Å². The van der Waals surface area contributed by atoms with Crippen LogP contribution in [-0.4, -0.2) is 28.0 Å². The van der Waals surface area contributed by atoms with Crippen molar-refractivity contribution in [2.24, 2.45) is 14.1 Å². The first-order valence-corrected chi connectivity index (χ1v) is 7.29. The lowest BCUT2D eigenvalue weighted by Crippen LogP contribution is -2.26. The molecule has 2 rings (SSSR count). The lowest BCUT2D eigenvalue weighted by atomic mass is 10.1. The number of aryl methyl sites for hydroxylation is 3. The van der Waals surface area contributed by atoms with Gasteiger partial charge in [-0.2, -0.15) is 10.2 Å². The van der Waals surface area contributed by atoms with E-state index in [0.717, 1.165) is 11.3 Å². The second-order valence-electron chi connectivity index (χ2n) is 4.54. The Labute approximate surface area is 112 Å². The van der Waals surface area contributed by atoms with Crippen molar-refractivity contribution in [1.82, 2.24) is 24.3 Å². The highest BCUT2D eigenvalue weighted by atomic mass is 32.2. The molecule has 1 atom stereocenters. The van der Waals surface area contributed by atoms with Crippen LogP contribution in [0.4, 0.5) is 0 Å². The second kappa shape index (κ2) is 4.78. The number of hydrogen-bond acceptors (Lipinski definition) is 4. The van der Waals surface area contributed by atoms with Crippen molar-refractivity contribution >= 4 is 10.0 Å². The predicted octanol–water partition coefficient (Wildman–Crippen LogP) is 0.502. The van der Waals surface area contributed by atoms with Crippen molar-refractivity contribution in [1.29, 1.82) is 0 Å². The molecule has 1 N–H and O–H groups in total. The third-order valence-corrected chi connectivity index (χ3v) is 4.34. The summed E-state index contributed by atoms with van der Waals surface area (Å²) in [7, 11) is -0.0860. The summed E-state index contributed by atoms with van der Waals surface area (Å²) in [5, 5.41) is 8.07. The zero-order chi connectivity index (χ0) is 14.2. The zero-order valence-corrected chi connectivity index (χ0v) is 12.1. The Morgan fingerprint density at radius 3 is 2.42 bits per heavy atom. The van der Waals surface area contributed by atoms with Crippen molar-refractivity contribution in [3.63, 3.8) is 0 Å². The number of nitrogens with zero attached hydrogens (tertiary/aromatic N) is 4. The first kappa shape index (κ1) is 13.8. The van der Waals surface area contributed by atoms with Crippen molar-refractivity contribution in [3.8, 4) is 0 Å². The Kier molecular flexibility index (Phi) is 3.46. The predicted molar refractivity (Wildman–Crippen MR) is 69.9 cm³/mol. The molecule has 2 heterocycles. The van der Waals surface area contributed by atoms with Crippen molar-refractivity contribution in [2.75, 3.05) is 0 Å². The molecule has 104 valence electrons. The summed E-state index contributed by atoms with van der Waals surface area (Å²) < 4.78 is 30.1. The van der Waals surface area contributed by atoms with Crippen molar-refractivity contribution < 1.29 is 8.42 Å². The van der Waals surface area contributed by atoms with Gasteiger partial charge in [0.2, 0.25) is 10.0 Å². The Morgan fingerprint density at radius 2 is 1.95 bits per heavy atom. The fraction of sp³-hybridized carbons (Fsp3) is 0.455. The van der Waals surface area contributed by atoms with E-state index in [9.17, 15) is 8.42 Å². The summed E-state index contributed by atoms with van der Waals surface area (Å²) in [5.41, 5.74) is 1.67. The van der Waals surface area contributed by atoms with Gasteiger partial charge in [0, 0.05) is 38.1 Å². The van der Waals surface area contributed by atoms with E-state index < -0.39 is 10.0 Å². The minimum Gasteiger partial charge on any atom is -0.275 e. The first-order chi connectivity index (χ1) is 8.79. The number of sulfonamides is 1. The van der Waals surface area contributed by atoms with E-state index in [2.05, 4.69) is 14.9 Å². The van der Waals surface area contributed by atoms with Gasteiger partial charge in [-0.3, -0.25) is 9.36 Å². The average Bonchev–Trinajstić information content (AvgIpc) is 2.84. The van der Waals surface area contributed by atoms with Crippen LogP contribution in [0.1, 0.15) is 24.2 Å². The second-order valence-corrected chi connectivity index (χ2v) is 6.25. The Balaban J connectivity index is 2.23. The third-order valence-electron chi connectivity index (χ3n) is 2.84. The molecule has 2 aromatic rings. The van der Waals surface area contributed by atoms with Crippen LogP contribution < -0.4 is 4.72 Å². The maximum Gasteiger partial charge on any atom is 0.244 e. The number of nitrogens with one attached hydrogen (secondary N) is 1. The molecule has 0 aliphatic rings. The lowest BCUT2D eigenvalue weighted by Gasteiger charge is -2.12. The highest BCUT2D eigenvalue weighted by molar-refractivity contribution is 7.89. The number of hydrogen-bond donors (Lipinski definition) is 1. The van der Waals surface area contributed by atoms with Gasteiger partial charge in [-0.15, -0.1) is 0 Å². The van der Waals surface area contributed by atoms with E-state index in [1.165, 1.54) is 17.1 Å². The molecule has 0 saturated heterocycles. The summed E-state index contributed by atoms with van der Waals surface area (Å²) in [6.07, 6.45) is 4.60. The highest BCUT2D eigenvalue weighted by Crippen LogP contribution is 2.18. The van der Waals surface area contributed by atoms with Crippen LogP contribution >= 0.6 is 0 Å². The average molecular weight is 283 g/mol. The van der Waals surface area contributed by atoms with E-state index in [0.29, 0.717) is 0 Å². The number of rotatable bonds is 4. The van der Waals surface area contributed by atoms with Gasteiger partial charge in [0.05, 0.1) is 11.9 Å². The van der Waals surface area contributed by atoms with E-state index in [4.69, 9.17) is 0 Å². The molecule has 0 spiro atoms. The summed E-state index contributed by atoms with van der Waals surface area (Å²) in [5.74, 6) is 0. The molecule has 0 aliphatic heterocycles. The van der Waals surface area contributed by atoms with Gasteiger partial charge in [0.1, 0.15) is 4.90 Å². The minimum absolute atomic E-state index is 0.156. The molecule has 0 aromatic carbocycles. The fourth-order valence-corrected chi connectivity index (χ4v) is 3.15. The lowest BCUT2D eigenvalue weighted by molar-refractivity contribution is 0.566. The Morgan fingerprint density at radius 1 is 1.26 bits per heavy atom. The molecule has 0 amide bonds. The maximum atomic E-state index is 12.2. The molecule has 0 fully saturated rings. The Bertz CT molecular complexity index is 686. The molecule has 0 bridgehead atoms. The van der Waals surface area contributed by atoms with Gasteiger partial charge in [-0.25, -0.2) is 13.1 Å². The van der Waals surface area contributed by atoms with Gasteiger partial charge >= 0.3 is 0 Å². The summed E-state index contributed by atoms with van der Waals surface area (Å²) in [6, 6.07) is -0.348. The normalized spacial score (nSPS) is 13.7. The van der Waals surface area contributed by atoms with Crippen LogP contribution in [0.3, 0.4) is 0 Å². The summed E-state index contributed by atoms with van der Waals surface area (Å²) in [6.45, 7) is 3.64. The molecule has 2 aromatic heterocycles. The smallest absolute Gasteiger partial charge is 0.244 e. The van der Waals surface area contributed by atoms with E-state index in [1.807, 2.05) is 13.1 Å². The van der Waals surface area contributed by atoms with Crippen LogP contribution in [0, 0.1) is 6.92 Å². The zero-order valence-electron chi connectivity index (χ0n) is 11.3. The van der Waals surface area contributed by atoms with Crippen LogP contribution in [0.25, 0.3) is 0 Å². The monoisotopic (exact) mass is 283 g/mol. The highest BCUT2D eigenvalue weighted by Gasteiger charge is 2.21. The van der Waals surface area contributed by atoms with E-state index >= 15 is 0 Å². The SMILES string of the molecule is Cc1nn(C)cc1[C@@H](C)NS(=O)(=O)c1cnn(C)c1. The van der Waals surface area contributed by atoms with Crippen LogP contribution in [-0.2, 0) is 24.1 Å². The quantitative estimate of drug-likeness (QED) is 0.886. The topological polar surface area (TPSA) is 81.8 Å². The van der Waals surface area contributed by atoms with Gasteiger partial charge in [0.15, 0.2) is 0 Å².